The Labute approximate surface area is 296 Å². The zero-order valence-electron chi connectivity index (χ0n) is 25.6. The molecule has 2 amide bonds. The van der Waals surface area contributed by atoms with Gasteiger partial charge >= 0.3 is 11.9 Å². The van der Waals surface area contributed by atoms with Crippen molar-refractivity contribution in [3.63, 3.8) is 0 Å². The highest BCUT2D eigenvalue weighted by molar-refractivity contribution is 14.1. The van der Waals surface area contributed by atoms with Crippen molar-refractivity contribution < 1.29 is 49.8 Å². The van der Waals surface area contributed by atoms with Crippen molar-refractivity contribution in [3.05, 3.63) is 29.6 Å². The van der Waals surface area contributed by atoms with Crippen LogP contribution in [0.1, 0.15) is 56.3 Å². The highest BCUT2D eigenvalue weighted by Gasteiger charge is 2.27. The van der Waals surface area contributed by atoms with Crippen molar-refractivity contribution in [2.75, 3.05) is 39.4 Å². The van der Waals surface area contributed by atoms with E-state index < -0.39 is 61.3 Å². The molecule has 1 aromatic heterocycles. The second-order valence-electron chi connectivity index (χ2n) is 10.6. The van der Waals surface area contributed by atoms with Gasteiger partial charge in [-0.1, -0.05) is 6.07 Å². The number of aliphatic carboxylic acids is 2. The maximum atomic E-state index is 12.3. The molecule has 0 aliphatic heterocycles. The van der Waals surface area contributed by atoms with Crippen molar-refractivity contribution in [2.24, 2.45) is 0 Å². The van der Waals surface area contributed by atoms with Crippen LogP contribution in [0.25, 0.3) is 0 Å². The molecule has 0 aromatic carbocycles. The molecule has 262 valence electrons. The maximum absolute atomic E-state index is 12.3. The Hall–Kier alpha value is -1.79. The zero-order valence-corrected chi connectivity index (χ0v) is 29.9. The normalized spacial score (nSPS) is 14.1. The lowest BCUT2D eigenvalue weighted by molar-refractivity contribution is -0.144. The third-order valence-electron chi connectivity index (χ3n) is 6.97. The molecule has 0 spiro atoms. The minimum atomic E-state index is -1.49. The summed E-state index contributed by atoms with van der Waals surface area (Å²) in [7, 11) is 0. The number of aliphatic hydroxyl groups excluding tert-OH is 4. The summed E-state index contributed by atoms with van der Waals surface area (Å²) in [5, 5.41) is 61.2. The lowest BCUT2D eigenvalue weighted by Gasteiger charge is -2.29. The summed E-state index contributed by atoms with van der Waals surface area (Å²) in [6.07, 6.45) is 0.298. The van der Waals surface area contributed by atoms with Crippen LogP contribution < -0.4 is 14.2 Å². The minimum absolute atomic E-state index is 0.225. The molecule has 0 radical (unpaired) electrons. The number of halogens is 2. The molecule has 0 saturated carbocycles. The summed E-state index contributed by atoms with van der Waals surface area (Å²) < 4.78 is 4.67. The average molecular weight is 881 g/mol. The fourth-order valence-electron chi connectivity index (χ4n) is 4.47. The molecule has 0 saturated heterocycles. The highest BCUT2D eigenvalue weighted by Crippen LogP contribution is 2.19. The average Bonchev–Trinajstić information content (AvgIpc) is 3.02. The topological polar surface area (TPSA) is 245 Å². The van der Waals surface area contributed by atoms with Crippen LogP contribution in [0, 0.1) is 0 Å². The van der Waals surface area contributed by atoms with Crippen molar-refractivity contribution in [2.45, 2.75) is 82.3 Å². The first kappa shape index (κ1) is 42.2. The standard InChI is InChI=1S/C28H46I2N6O10/c29-33-13-6-14-35(21(27(43)44)9-1-3-11-31-25(41)23(39)17-37)15-19-7-5-8-20(34-19)16-36(30)22(28(45)46)10-2-4-12-32-26(42)24(40)18-38/h5,7-8,21-24,33,37-40H,1-4,6,9-18H2,(H,31,41)(H,32,42)(H,43,44)(H,45,46). The lowest BCUT2D eigenvalue weighted by Crippen LogP contribution is -2.42. The molecule has 46 heavy (non-hydrogen) atoms. The van der Waals surface area contributed by atoms with Gasteiger partial charge in [-0.25, -0.2) is 3.11 Å². The van der Waals surface area contributed by atoms with Crippen LogP contribution in [-0.4, -0.2) is 131 Å². The van der Waals surface area contributed by atoms with Crippen LogP contribution >= 0.6 is 45.7 Å². The molecular weight excluding hydrogens is 834 g/mol. The van der Waals surface area contributed by atoms with E-state index >= 15 is 0 Å². The van der Waals surface area contributed by atoms with Gasteiger partial charge in [0.15, 0.2) is 12.2 Å². The van der Waals surface area contributed by atoms with E-state index in [4.69, 9.17) is 15.2 Å². The van der Waals surface area contributed by atoms with Crippen LogP contribution in [0.4, 0.5) is 0 Å². The Morgan fingerprint density at radius 2 is 1.26 bits per heavy atom. The SMILES string of the molecule is O=C(NCCCCC(C(=O)O)N(I)Cc1cccc(CN(CCCNI)C(CCCCNC(=O)C(O)CO)C(=O)O)n1)C(O)CO. The fourth-order valence-corrected chi connectivity index (χ4v) is 5.72. The van der Waals surface area contributed by atoms with Gasteiger partial charge in [-0.2, -0.15) is 0 Å². The maximum Gasteiger partial charge on any atom is 0.321 e. The molecule has 0 fully saturated rings. The van der Waals surface area contributed by atoms with E-state index in [1.165, 1.54) is 0 Å². The van der Waals surface area contributed by atoms with Gasteiger partial charge < -0.3 is 41.3 Å². The monoisotopic (exact) mass is 880 g/mol. The molecule has 1 rings (SSSR count). The molecule has 4 unspecified atom stereocenters. The van der Waals surface area contributed by atoms with Crippen molar-refractivity contribution in [1.82, 2.24) is 27.2 Å². The molecule has 4 atom stereocenters. The molecule has 0 bridgehead atoms. The van der Waals surface area contributed by atoms with Crippen molar-refractivity contribution >= 4 is 69.5 Å². The van der Waals surface area contributed by atoms with E-state index in [2.05, 4.69) is 14.2 Å². The number of aromatic nitrogens is 1. The van der Waals surface area contributed by atoms with Crippen molar-refractivity contribution in [1.29, 1.82) is 0 Å². The van der Waals surface area contributed by atoms with Crippen LogP contribution in [0.3, 0.4) is 0 Å². The Balaban J connectivity index is 2.83. The number of amides is 2. The largest absolute Gasteiger partial charge is 0.480 e. The summed E-state index contributed by atoms with van der Waals surface area (Å²) >= 11 is 3.98. The number of hydrogen-bond acceptors (Lipinski definition) is 12. The number of carbonyl (C=O) groups excluding carboxylic acids is 2. The van der Waals surface area contributed by atoms with Crippen molar-refractivity contribution in [3.8, 4) is 0 Å². The Morgan fingerprint density at radius 3 is 1.74 bits per heavy atom. The number of hydrogen-bond donors (Lipinski definition) is 9. The van der Waals surface area contributed by atoms with Crippen LogP contribution in [0.2, 0.25) is 0 Å². The van der Waals surface area contributed by atoms with Gasteiger partial charge in [0.1, 0.15) is 12.1 Å². The van der Waals surface area contributed by atoms with E-state index in [1.807, 2.05) is 50.6 Å². The summed E-state index contributed by atoms with van der Waals surface area (Å²) in [4.78, 5) is 54.0. The number of carboxylic acids is 2. The van der Waals surface area contributed by atoms with Crippen LogP contribution in [0.5, 0.6) is 0 Å². The molecule has 0 aliphatic rings. The van der Waals surface area contributed by atoms with E-state index in [9.17, 15) is 39.6 Å². The number of nitrogens with one attached hydrogen (secondary N) is 3. The molecule has 0 aliphatic carbocycles. The second kappa shape index (κ2) is 24.4. The number of nitrogens with zero attached hydrogens (tertiary/aromatic N) is 3. The second-order valence-corrected chi connectivity index (χ2v) is 12.6. The zero-order chi connectivity index (χ0) is 34.5. The summed E-state index contributed by atoms with van der Waals surface area (Å²) in [6, 6.07) is 3.73. The van der Waals surface area contributed by atoms with E-state index in [-0.39, 0.29) is 26.2 Å². The van der Waals surface area contributed by atoms with Gasteiger partial charge in [0.2, 0.25) is 0 Å². The Kier molecular flexibility index (Phi) is 22.4. The smallest absolute Gasteiger partial charge is 0.321 e. The molecular formula is C28H46I2N6O10. The first-order valence-electron chi connectivity index (χ1n) is 15.0. The quantitative estimate of drug-likeness (QED) is 0.0326. The summed E-state index contributed by atoms with van der Waals surface area (Å²) in [5.74, 6) is -3.35. The molecule has 1 heterocycles. The van der Waals surface area contributed by atoms with Gasteiger partial charge in [0, 0.05) is 78.5 Å². The predicted molar refractivity (Wildman–Crippen MR) is 184 cm³/mol. The van der Waals surface area contributed by atoms with Gasteiger partial charge in [-0.15, -0.1) is 0 Å². The first-order chi connectivity index (χ1) is 21.9. The third-order valence-corrected chi connectivity index (χ3v) is 8.52. The molecule has 1 aromatic rings. The minimum Gasteiger partial charge on any atom is -0.480 e. The fraction of sp³-hybridized carbons (Fsp3) is 0.679. The predicted octanol–water partition coefficient (Wildman–Crippen LogP) is -0.449. The molecule has 18 heteroatoms. The number of carbonyl (C=O) groups is 4. The molecule has 9 N–H and O–H groups in total. The summed E-state index contributed by atoms with van der Waals surface area (Å²) in [5.41, 5.74) is 1.25. The van der Waals surface area contributed by atoms with Crippen LogP contribution in [0.15, 0.2) is 18.2 Å². The van der Waals surface area contributed by atoms with E-state index in [0.717, 1.165) is 0 Å². The first-order valence-corrected chi connectivity index (χ1v) is 17.0. The number of carboxylic acid groups (broad SMARTS) is 2. The summed E-state index contributed by atoms with van der Waals surface area (Å²) in [6.45, 7) is 0.753. The number of pyridine rings is 1. The van der Waals surface area contributed by atoms with E-state index in [1.54, 1.807) is 21.3 Å². The highest BCUT2D eigenvalue weighted by atomic mass is 127. The third kappa shape index (κ3) is 16.9. The van der Waals surface area contributed by atoms with Crippen LogP contribution in [-0.2, 0) is 32.3 Å². The van der Waals surface area contributed by atoms with Gasteiger partial charge in [-0.3, -0.25) is 32.6 Å². The molecule has 16 nitrogen and oxygen atoms in total. The number of aliphatic hydroxyl groups is 4. The van der Waals surface area contributed by atoms with Gasteiger partial charge in [0.05, 0.1) is 31.1 Å². The Bertz CT molecular complexity index is 1080. The lowest BCUT2D eigenvalue weighted by atomic mass is 10.1. The van der Waals surface area contributed by atoms with E-state index in [0.29, 0.717) is 69.4 Å². The van der Waals surface area contributed by atoms with Gasteiger partial charge in [-0.05, 0) is 57.1 Å². The number of rotatable bonds is 26. The number of unbranched alkanes of at least 4 members (excludes halogenated alkanes) is 2. The Morgan fingerprint density at radius 1 is 0.761 bits per heavy atom. The van der Waals surface area contributed by atoms with Gasteiger partial charge in [0.25, 0.3) is 11.8 Å².